The molecule has 0 unspecified atom stereocenters. The summed E-state index contributed by atoms with van der Waals surface area (Å²) in [5.74, 6) is -0.877. The lowest BCUT2D eigenvalue weighted by atomic mass is 9.66. The third-order valence-electron chi connectivity index (χ3n) is 3.95. The van der Waals surface area contributed by atoms with Crippen LogP contribution >= 0.6 is 11.3 Å². The van der Waals surface area contributed by atoms with E-state index in [-0.39, 0.29) is 12.3 Å². The second kappa shape index (κ2) is 5.74. The molecule has 1 N–H and O–H groups in total. The molecule has 104 valence electrons. The SMILES string of the molecule is CN(CCc1cccs1)C(=O)CC1(C(=O)O)CCC1. The van der Waals surface area contributed by atoms with Gasteiger partial charge in [-0.2, -0.15) is 0 Å². The molecule has 0 bridgehead atoms. The number of amides is 1. The van der Waals surface area contributed by atoms with Crippen molar-refractivity contribution >= 4 is 23.2 Å². The van der Waals surface area contributed by atoms with Crippen molar-refractivity contribution in [2.45, 2.75) is 32.1 Å². The van der Waals surface area contributed by atoms with E-state index in [4.69, 9.17) is 0 Å². The molecule has 1 aliphatic rings. The van der Waals surface area contributed by atoms with Crippen LogP contribution in [0.1, 0.15) is 30.6 Å². The summed E-state index contributed by atoms with van der Waals surface area (Å²) in [6, 6.07) is 4.04. The average Bonchev–Trinajstić information content (AvgIpc) is 2.82. The zero-order valence-electron chi connectivity index (χ0n) is 11.1. The molecule has 5 heteroatoms. The van der Waals surface area contributed by atoms with Gasteiger partial charge in [-0.15, -0.1) is 11.3 Å². The van der Waals surface area contributed by atoms with Crippen LogP contribution < -0.4 is 0 Å². The Kier molecular flexibility index (Phi) is 4.24. The zero-order chi connectivity index (χ0) is 13.9. The van der Waals surface area contributed by atoms with Crippen LogP contribution in [-0.4, -0.2) is 35.5 Å². The van der Waals surface area contributed by atoms with Crippen molar-refractivity contribution in [2.24, 2.45) is 5.41 Å². The van der Waals surface area contributed by atoms with E-state index in [1.165, 1.54) is 4.88 Å². The lowest BCUT2D eigenvalue weighted by Gasteiger charge is -2.38. The summed E-state index contributed by atoms with van der Waals surface area (Å²) < 4.78 is 0. The largest absolute Gasteiger partial charge is 0.481 e. The van der Waals surface area contributed by atoms with Crippen molar-refractivity contribution < 1.29 is 14.7 Å². The number of aliphatic carboxylic acids is 1. The minimum atomic E-state index is -0.821. The summed E-state index contributed by atoms with van der Waals surface area (Å²) in [5, 5.41) is 11.2. The number of carboxylic acids is 1. The highest BCUT2D eigenvalue weighted by Gasteiger charge is 2.46. The Balaban J connectivity index is 1.83. The van der Waals surface area contributed by atoms with Crippen LogP contribution in [0.4, 0.5) is 0 Å². The predicted octanol–water partition coefficient (Wildman–Crippen LogP) is 2.39. The molecule has 4 nitrogen and oxygen atoms in total. The number of nitrogens with zero attached hydrogens (tertiary/aromatic N) is 1. The number of carbonyl (C=O) groups is 2. The van der Waals surface area contributed by atoms with Crippen LogP contribution in [0.5, 0.6) is 0 Å². The van der Waals surface area contributed by atoms with Crippen molar-refractivity contribution in [1.82, 2.24) is 4.90 Å². The Morgan fingerprint density at radius 3 is 2.68 bits per heavy atom. The molecule has 1 aromatic heterocycles. The monoisotopic (exact) mass is 281 g/mol. The molecule has 19 heavy (non-hydrogen) atoms. The van der Waals surface area contributed by atoms with E-state index in [2.05, 4.69) is 0 Å². The quantitative estimate of drug-likeness (QED) is 0.871. The van der Waals surface area contributed by atoms with Crippen LogP contribution in [0.2, 0.25) is 0 Å². The van der Waals surface area contributed by atoms with Gasteiger partial charge in [0.15, 0.2) is 0 Å². The van der Waals surface area contributed by atoms with Crippen LogP contribution in [0, 0.1) is 5.41 Å². The van der Waals surface area contributed by atoms with E-state index in [9.17, 15) is 14.7 Å². The summed E-state index contributed by atoms with van der Waals surface area (Å²) in [7, 11) is 1.75. The lowest BCUT2D eigenvalue weighted by Crippen LogP contribution is -2.43. The molecule has 0 saturated heterocycles. The van der Waals surface area contributed by atoms with E-state index >= 15 is 0 Å². The maximum Gasteiger partial charge on any atom is 0.310 e. The first-order valence-electron chi connectivity index (χ1n) is 6.53. The molecule has 0 aliphatic heterocycles. The molecule has 0 aromatic carbocycles. The fourth-order valence-electron chi connectivity index (χ4n) is 2.35. The molecular formula is C14H19NO3S. The van der Waals surface area contributed by atoms with Gasteiger partial charge < -0.3 is 10.0 Å². The first kappa shape index (κ1) is 14.1. The number of thiophene rings is 1. The van der Waals surface area contributed by atoms with Crippen LogP contribution in [0.15, 0.2) is 17.5 Å². The third kappa shape index (κ3) is 3.15. The van der Waals surface area contributed by atoms with Gasteiger partial charge in [0.05, 0.1) is 5.41 Å². The normalized spacial score (nSPS) is 16.7. The molecule has 0 atom stereocenters. The summed E-state index contributed by atoms with van der Waals surface area (Å²) in [6.07, 6.45) is 3.15. The molecule has 0 spiro atoms. The van der Waals surface area contributed by atoms with Crippen molar-refractivity contribution in [1.29, 1.82) is 0 Å². The van der Waals surface area contributed by atoms with Gasteiger partial charge in [-0.1, -0.05) is 12.5 Å². The topological polar surface area (TPSA) is 57.6 Å². The van der Waals surface area contributed by atoms with E-state index in [1.807, 2.05) is 17.5 Å². The Labute approximate surface area is 117 Å². The summed E-state index contributed by atoms with van der Waals surface area (Å²) in [6.45, 7) is 0.648. The number of carbonyl (C=O) groups excluding carboxylic acids is 1. The van der Waals surface area contributed by atoms with Gasteiger partial charge in [0.2, 0.25) is 5.91 Å². The van der Waals surface area contributed by atoms with Crippen LogP contribution in [0.25, 0.3) is 0 Å². The standard InChI is InChI=1S/C14H19NO3S/c1-15(8-5-11-4-2-9-19-11)12(16)10-14(13(17)18)6-3-7-14/h2,4,9H,3,5-8,10H2,1H3,(H,17,18). The van der Waals surface area contributed by atoms with Gasteiger partial charge in [0.1, 0.15) is 0 Å². The van der Waals surface area contributed by atoms with E-state index in [0.717, 1.165) is 12.8 Å². The molecule has 0 radical (unpaired) electrons. The number of hydrogen-bond acceptors (Lipinski definition) is 3. The number of likely N-dealkylation sites (N-methyl/N-ethyl adjacent to an activating group) is 1. The number of carboxylic acid groups (broad SMARTS) is 1. The Hall–Kier alpha value is -1.36. The summed E-state index contributed by atoms with van der Waals surface area (Å²) >= 11 is 1.68. The third-order valence-corrected chi connectivity index (χ3v) is 4.89. The average molecular weight is 281 g/mol. The van der Waals surface area contributed by atoms with Crippen molar-refractivity contribution in [3.05, 3.63) is 22.4 Å². The Morgan fingerprint density at radius 1 is 1.47 bits per heavy atom. The summed E-state index contributed by atoms with van der Waals surface area (Å²) in [4.78, 5) is 26.2. The molecular weight excluding hydrogens is 262 g/mol. The predicted molar refractivity (Wildman–Crippen MR) is 74.2 cm³/mol. The van der Waals surface area contributed by atoms with Gasteiger partial charge in [-0.05, 0) is 30.7 Å². The second-order valence-corrected chi connectivity index (χ2v) is 6.29. The van der Waals surface area contributed by atoms with E-state index in [1.54, 1.807) is 23.3 Å². The van der Waals surface area contributed by atoms with Crippen molar-refractivity contribution in [2.75, 3.05) is 13.6 Å². The zero-order valence-corrected chi connectivity index (χ0v) is 11.9. The maximum absolute atomic E-state index is 12.1. The second-order valence-electron chi connectivity index (χ2n) is 5.26. The van der Waals surface area contributed by atoms with Crippen LogP contribution in [-0.2, 0) is 16.0 Å². The van der Waals surface area contributed by atoms with Crippen molar-refractivity contribution in [3.63, 3.8) is 0 Å². The highest BCUT2D eigenvalue weighted by atomic mass is 32.1. The smallest absolute Gasteiger partial charge is 0.310 e. The van der Waals surface area contributed by atoms with E-state index in [0.29, 0.717) is 19.4 Å². The molecule has 1 fully saturated rings. The molecule has 1 saturated carbocycles. The molecule has 1 heterocycles. The molecule has 1 amide bonds. The molecule has 1 aliphatic carbocycles. The first-order chi connectivity index (χ1) is 9.03. The summed E-state index contributed by atoms with van der Waals surface area (Å²) in [5.41, 5.74) is -0.783. The van der Waals surface area contributed by atoms with Gasteiger partial charge in [0, 0.05) is 24.9 Å². The minimum Gasteiger partial charge on any atom is -0.481 e. The number of rotatable bonds is 6. The molecule has 1 aromatic rings. The lowest BCUT2D eigenvalue weighted by molar-refractivity contribution is -0.159. The van der Waals surface area contributed by atoms with Gasteiger partial charge in [-0.25, -0.2) is 0 Å². The van der Waals surface area contributed by atoms with E-state index < -0.39 is 11.4 Å². The highest BCUT2D eigenvalue weighted by Crippen LogP contribution is 2.44. The first-order valence-corrected chi connectivity index (χ1v) is 7.41. The van der Waals surface area contributed by atoms with Crippen molar-refractivity contribution in [3.8, 4) is 0 Å². The van der Waals surface area contributed by atoms with Crippen LogP contribution in [0.3, 0.4) is 0 Å². The minimum absolute atomic E-state index is 0.0568. The van der Waals surface area contributed by atoms with Gasteiger partial charge >= 0.3 is 5.97 Å². The Bertz CT molecular complexity index is 451. The maximum atomic E-state index is 12.1. The Morgan fingerprint density at radius 2 is 2.21 bits per heavy atom. The van der Waals surface area contributed by atoms with Gasteiger partial charge in [0.25, 0.3) is 0 Å². The highest BCUT2D eigenvalue weighted by molar-refractivity contribution is 7.09. The van der Waals surface area contributed by atoms with Gasteiger partial charge in [-0.3, -0.25) is 9.59 Å². The number of hydrogen-bond donors (Lipinski definition) is 1. The fraction of sp³-hybridized carbons (Fsp3) is 0.571. The fourth-order valence-corrected chi connectivity index (χ4v) is 3.05. The molecule has 2 rings (SSSR count).